The molecule has 6 nitrogen and oxygen atoms in total. The fourth-order valence-corrected chi connectivity index (χ4v) is 3.58. The number of amides is 1. The van der Waals surface area contributed by atoms with Crippen molar-refractivity contribution in [2.75, 3.05) is 19.5 Å². The number of ether oxygens (including phenoxy) is 2. The van der Waals surface area contributed by atoms with Crippen LogP contribution in [0.2, 0.25) is 0 Å². The molecule has 7 heteroatoms. The number of aryl methyl sites for hydroxylation is 2. The largest absolute Gasteiger partial charge is 0.486 e. The second-order valence-electron chi connectivity index (χ2n) is 6.55. The van der Waals surface area contributed by atoms with Crippen LogP contribution in [0.25, 0.3) is 0 Å². The van der Waals surface area contributed by atoms with Crippen LogP contribution in [0.5, 0.6) is 11.5 Å². The molecular formula is C20H25N3O3S. The third-order valence-electron chi connectivity index (χ3n) is 4.63. The number of rotatable bonds is 6. The summed E-state index contributed by atoms with van der Waals surface area (Å²) in [5.74, 6) is 1.49. The lowest BCUT2D eigenvalue weighted by Gasteiger charge is -2.21. The van der Waals surface area contributed by atoms with Crippen molar-refractivity contribution in [2.45, 2.75) is 44.8 Å². The van der Waals surface area contributed by atoms with Gasteiger partial charge in [-0.2, -0.15) is 0 Å². The fraction of sp³-hybridized carbons (Fsp3) is 0.450. The van der Waals surface area contributed by atoms with Crippen molar-refractivity contribution in [3.05, 3.63) is 40.7 Å². The highest BCUT2D eigenvalue weighted by Gasteiger charge is 2.16. The second-order valence-corrected chi connectivity index (χ2v) is 7.33. The number of fused-ring (bicyclic) bond motifs is 1. The summed E-state index contributed by atoms with van der Waals surface area (Å²) in [6.07, 6.45) is 2.99. The Morgan fingerprint density at radius 1 is 1.19 bits per heavy atom. The van der Waals surface area contributed by atoms with Crippen LogP contribution in [-0.4, -0.2) is 35.3 Å². The number of benzene rings is 1. The van der Waals surface area contributed by atoms with Crippen LogP contribution in [-0.2, 0) is 11.2 Å². The monoisotopic (exact) mass is 387 g/mol. The van der Waals surface area contributed by atoms with Crippen LogP contribution >= 0.6 is 11.8 Å². The Morgan fingerprint density at radius 3 is 2.52 bits per heavy atom. The van der Waals surface area contributed by atoms with Crippen molar-refractivity contribution in [1.82, 2.24) is 15.3 Å². The molecule has 1 N–H and O–H groups in total. The summed E-state index contributed by atoms with van der Waals surface area (Å²) in [6, 6.07) is 5.68. The molecule has 1 atom stereocenters. The van der Waals surface area contributed by atoms with Crippen molar-refractivity contribution in [3.63, 3.8) is 0 Å². The normalized spacial score (nSPS) is 13.9. The van der Waals surface area contributed by atoms with Crippen LogP contribution in [0, 0.1) is 13.8 Å². The first-order valence-corrected chi connectivity index (χ1v) is 10.3. The van der Waals surface area contributed by atoms with Gasteiger partial charge in [-0.1, -0.05) is 17.8 Å². The van der Waals surface area contributed by atoms with Crippen LogP contribution in [0.1, 0.15) is 41.9 Å². The van der Waals surface area contributed by atoms with Crippen molar-refractivity contribution in [2.24, 2.45) is 0 Å². The molecule has 1 aromatic heterocycles. The maximum Gasteiger partial charge on any atom is 0.220 e. The van der Waals surface area contributed by atoms with E-state index < -0.39 is 0 Å². The molecule has 2 aromatic rings. The molecule has 3 rings (SSSR count). The van der Waals surface area contributed by atoms with E-state index in [0.717, 1.165) is 39.2 Å². The Hall–Kier alpha value is -2.28. The first kappa shape index (κ1) is 19.5. The van der Waals surface area contributed by atoms with Gasteiger partial charge in [0.1, 0.15) is 13.2 Å². The highest BCUT2D eigenvalue weighted by Crippen LogP contribution is 2.32. The molecule has 0 saturated heterocycles. The number of hydrogen-bond donors (Lipinski definition) is 1. The van der Waals surface area contributed by atoms with Crippen LogP contribution in [0.3, 0.4) is 0 Å². The van der Waals surface area contributed by atoms with Crippen LogP contribution in [0.15, 0.2) is 23.4 Å². The van der Waals surface area contributed by atoms with E-state index in [1.807, 2.05) is 45.2 Å². The van der Waals surface area contributed by atoms with E-state index in [1.165, 1.54) is 11.8 Å². The Morgan fingerprint density at radius 2 is 1.85 bits per heavy atom. The molecule has 27 heavy (non-hydrogen) atoms. The third kappa shape index (κ3) is 4.71. The lowest BCUT2D eigenvalue weighted by Crippen LogP contribution is -2.27. The van der Waals surface area contributed by atoms with Gasteiger partial charge in [0.2, 0.25) is 5.91 Å². The van der Waals surface area contributed by atoms with Gasteiger partial charge < -0.3 is 14.8 Å². The average Bonchev–Trinajstić information content (AvgIpc) is 2.66. The molecule has 0 fully saturated rings. The van der Waals surface area contributed by atoms with Crippen LogP contribution < -0.4 is 14.8 Å². The summed E-state index contributed by atoms with van der Waals surface area (Å²) in [7, 11) is 0. The number of thioether (sulfide) groups is 1. The summed E-state index contributed by atoms with van der Waals surface area (Å²) in [4.78, 5) is 21.4. The fourth-order valence-electron chi connectivity index (χ4n) is 3.13. The Bertz CT molecular complexity index is 818. The summed E-state index contributed by atoms with van der Waals surface area (Å²) in [5.41, 5.74) is 3.93. The molecule has 1 aliphatic rings. The molecule has 0 radical (unpaired) electrons. The molecule has 0 unspecified atom stereocenters. The van der Waals surface area contributed by atoms with E-state index in [1.54, 1.807) is 0 Å². The highest BCUT2D eigenvalue weighted by molar-refractivity contribution is 7.98. The van der Waals surface area contributed by atoms with E-state index in [0.29, 0.717) is 26.1 Å². The molecule has 0 spiro atoms. The van der Waals surface area contributed by atoms with Gasteiger partial charge in [0, 0.05) is 17.8 Å². The summed E-state index contributed by atoms with van der Waals surface area (Å²) in [6.45, 7) is 7.03. The van der Waals surface area contributed by atoms with Crippen molar-refractivity contribution in [3.8, 4) is 11.5 Å². The lowest BCUT2D eigenvalue weighted by molar-refractivity contribution is -0.121. The summed E-state index contributed by atoms with van der Waals surface area (Å²) < 4.78 is 11.2. The standard InChI is InChI=1S/C20H25N3O3S/c1-12(15-5-7-17-18(11-15)26-10-9-25-17)21-19(24)8-6-16-13(2)22-20(27-4)23-14(16)3/h5,7,11-12H,6,8-10H2,1-4H3,(H,21,24)/t12-/m0/s1. The molecule has 0 aliphatic carbocycles. The molecule has 1 aromatic carbocycles. The first-order valence-electron chi connectivity index (χ1n) is 9.05. The molecule has 0 saturated carbocycles. The maximum absolute atomic E-state index is 12.4. The minimum absolute atomic E-state index is 0.00475. The van der Waals surface area contributed by atoms with E-state index in [-0.39, 0.29) is 11.9 Å². The maximum atomic E-state index is 12.4. The number of carbonyl (C=O) groups is 1. The van der Waals surface area contributed by atoms with Gasteiger partial charge in [0.05, 0.1) is 6.04 Å². The van der Waals surface area contributed by atoms with E-state index >= 15 is 0 Å². The topological polar surface area (TPSA) is 73.3 Å². The van der Waals surface area contributed by atoms with Gasteiger partial charge in [0.25, 0.3) is 0 Å². The smallest absolute Gasteiger partial charge is 0.220 e. The van der Waals surface area contributed by atoms with Crippen molar-refractivity contribution < 1.29 is 14.3 Å². The zero-order valence-electron chi connectivity index (χ0n) is 16.2. The van der Waals surface area contributed by atoms with Gasteiger partial charge in [0.15, 0.2) is 16.7 Å². The lowest BCUT2D eigenvalue weighted by atomic mass is 10.0. The Balaban J connectivity index is 1.59. The van der Waals surface area contributed by atoms with E-state index in [9.17, 15) is 4.79 Å². The first-order chi connectivity index (χ1) is 13.0. The predicted molar refractivity (Wildman–Crippen MR) is 106 cm³/mol. The SMILES string of the molecule is CSc1nc(C)c(CCC(=O)N[C@@H](C)c2ccc3c(c2)OCCO3)c(C)n1. The summed E-state index contributed by atoms with van der Waals surface area (Å²) >= 11 is 1.53. The number of nitrogens with zero attached hydrogens (tertiary/aromatic N) is 2. The molecule has 1 aliphatic heterocycles. The average molecular weight is 388 g/mol. The van der Waals surface area contributed by atoms with E-state index in [2.05, 4.69) is 15.3 Å². The predicted octanol–water partition coefficient (Wildman–Crippen LogP) is 3.40. The molecule has 0 bridgehead atoms. The van der Waals surface area contributed by atoms with Crippen LogP contribution in [0.4, 0.5) is 0 Å². The minimum atomic E-state index is -0.106. The minimum Gasteiger partial charge on any atom is -0.486 e. The van der Waals surface area contributed by atoms with Gasteiger partial charge in [-0.05, 0) is 56.7 Å². The number of carbonyl (C=O) groups excluding carboxylic acids is 1. The van der Waals surface area contributed by atoms with Crippen molar-refractivity contribution >= 4 is 17.7 Å². The summed E-state index contributed by atoms with van der Waals surface area (Å²) in [5, 5.41) is 3.82. The van der Waals surface area contributed by atoms with Gasteiger partial charge in [-0.15, -0.1) is 0 Å². The van der Waals surface area contributed by atoms with Gasteiger partial charge >= 0.3 is 0 Å². The zero-order chi connectivity index (χ0) is 19.4. The molecule has 2 heterocycles. The number of nitrogens with one attached hydrogen (secondary N) is 1. The number of hydrogen-bond acceptors (Lipinski definition) is 6. The Labute approximate surface area is 164 Å². The molecular weight excluding hydrogens is 362 g/mol. The van der Waals surface area contributed by atoms with Gasteiger partial charge in [-0.25, -0.2) is 9.97 Å². The van der Waals surface area contributed by atoms with Crippen molar-refractivity contribution in [1.29, 1.82) is 0 Å². The molecule has 144 valence electrons. The zero-order valence-corrected chi connectivity index (χ0v) is 17.0. The highest BCUT2D eigenvalue weighted by atomic mass is 32.2. The second kappa shape index (κ2) is 8.61. The van der Waals surface area contributed by atoms with E-state index in [4.69, 9.17) is 9.47 Å². The number of aromatic nitrogens is 2. The third-order valence-corrected chi connectivity index (χ3v) is 5.18. The van der Waals surface area contributed by atoms with Gasteiger partial charge in [-0.3, -0.25) is 4.79 Å². The Kier molecular flexibility index (Phi) is 6.21. The molecule has 1 amide bonds. The quantitative estimate of drug-likeness (QED) is 0.605.